The largest absolute Gasteiger partial charge is 0.103 e. The normalized spacial score (nSPS) is 10.4. The van der Waals surface area contributed by atoms with Crippen molar-refractivity contribution in [1.29, 1.82) is 0 Å². The lowest BCUT2D eigenvalue weighted by atomic mass is 10.0. The van der Waals surface area contributed by atoms with Crippen molar-refractivity contribution in [3.63, 3.8) is 0 Å². The molecule has 0 aromatic heterocycles. The highest BCUT2D eigenvalue weighted by atomic mass is 33.1. The van der Waals surface area contributed by atoms with Crippen LogP contribution in [0.4, 0.5) is 0 Å². The zero-order valence-corrected chi connectivity index (χ0v) is 22.1. The molecule has 0 radical (unpaired) electrons. The third-order valence-corrected chi connectivity index (χ3v) is 7.90. The lowest BCUT2D eigenvalue weighted by Crippen LogP contribution is -1.83. The molecule has 2 aromatic carbocycles. The van der Waals surface area contributed by atoms with Gasteiger partial charge in [0.15, 0.2) is 0 Å². The third-order valence-electron chi connectivity index (χ3n) is 5.48. The molecule has 0 nitrogen and oxygen atoms in total. The van der Waals surface area contributed by atoms with Gasteiger partial charge in [0.05, 0.1) is 0 Å². The molecule has 0 bridgehead atoms. The summed E-state index contributed by atoms with van der Waals surface area (Å²) in [6.45, 7) is 6.05. The molecule has 2 rings (SSSR count). The minimum absolute atomic E-state index is 1.21. The van der Waals surface area contributed by atoms with Crippen LogP contribution in [0.25, 0.3) is 0 Å². The van der Waals surface area contributed by atoms with E-state index in [1.807, 2.05) is 18.2 Å². The second-order valence-electron chi connectivity index (χ2n) is 8.47. The van der Waals surface area contributed by atoms with Crippen LogP contribution in [0.2, 0.25) is 0 Å². The van der Waals surface area contributed by atoms with Crippen molar-refractivity contribution < 1.29 is 0 Å². The zero-order chi connectivity index (χ0) is 23.0. The summed E-state index contributed by atoms with van der Waals surface area (Å²) < 4.78 is 0. The summed E-state index contributed by atoms with van der Waals surface area (Å²) in [7, 11) is 3.58. The SMILES string of the molecule is C=CCCCCCCCCCCCCCCCC.c1ccc(SSc2ccccc2)cc1. The molecule has 0 N–H and O–H groups in total. The first-order chi connectivity index (χ1) is 15.9. The average molecular weight is 471 g/mol. The van der Waals surface area contributed by atoms with E-state index in [4.69, 9.17) is 0 Å². The maximum Gasteiger partial charge on any atom is 0.0186 e. The second kappa shape index (κ2) is 23.1. The third kappa shape index (κ3) is 18.5. The van der Waals surface area contributed by atoms with Crippen molar-refractivity contribution in [2.75, 3.05) is 0 Å². The van der Waals surface area contributed by atoms with Crippen LogP contribution in [0.1, 0.15) is 103 Å². The average Bonchev–Trinajstić information content (AvgIpc) is 2.85. The minimum atomic E-state index is 1.21. The standard InChI is InChI=1S/C18H36.C12H10S2/c1-3-5-7-9-11-13-15-17-18-16-14-12-10-8-6-4-2;1-3-7-11(8-4-1)13-14-12-9-5-2-6-10-12/h3H,1,4-18H2,2H3;1-10H. The highest BCUT2D eigenvalue weighted by Gasteiger charge is 1.95. The number of hydrogen-bond acceptors (Lipinski definition) is 2. The van der Waals surface area contributed by atoms with E-state index in [0.717, 1.165) is 0 Å². The Morgan fingerprint density at radius 1 is 0.531 bits per heavy atom. The van der Waals surface area contributed by atoms with Gasteiger partial charge in [-0.1, -0.05) is 154 Å². The van der Waals surface area contributed by atoms with E-state index >= 15 is 0 Å². The Hall–Kier alpha value is -1.12. The zero-order valence-electron chi connectivity index (χ0n) is 20.5. The molecule has 0 aliphatic rings. The van der Waals surface area contributed by atoms with Crippen LogP contribution in [0.3, 0.4) is 0 Å². The van der Waals surface area contributed by atoms with Gasteiger partial charge in [-0.3, -0.25) is 0 Å². The Bertz CT molecular complexity index is 584. The molecule has 32 heavy (non-hydrogen) atoms. The maximum absolute atomic E-state index is 3.76. The van der Waals surface area contributed by atoms with Crippen LogP contribution in [0.15, 0.2) is 83.1 Å². The molecule has 0 aliphatic carbocycles. The summed E-state index contributed by atoms with van der Waals surface area (Å²) in [5.41, 5.74) is 0. The predicted octanol–water partition coefficient (Wildman–Crippen LogP) is 11.5. The van der Waals surface area contributed by atoms with Gasteiger partial charge >= 0.3 is 0 Å². The van der Waals surface area contributed by atoms with Crippen molar-refractivity contribution in [2.45, 2.75) is 113 Å². The van der Waals surface area contributed by atoms with Crippen LogP contribution in [0.5, 0.6) is 0 Å². The van der Waals surface area contributed by atoms with Gasteiger partial charge in [0.1, 0.15) is 0 Å². The number of rotatable bonds is 18. The van der Waals surface area contributed by atoms with Gasteiger partial charge in [-0.2, -0.15) is 0 Å². The quantitative estimate of drug-likeness (QED) is 0.121. The molecule has 0 atom stereocenters. The summed E-state index contributed by atoms with van der Waals surface area (Å²) in [4.78, 5) is 2.59. The Kier molecular flexibility index (Phi) is 20.8. The molecular formula is C30H46S2. The molecule has 0 unspecified atom stereocenters. The van der Waals surface area contributed by atoms with Gasteiger partial charge < -0.3 is 0 Å². The van der Waals surface area contributed by atoms with Crippen LogP contribution in [-0.4, -0.2) is 0 Å². The Labute approximate surface area is 207 Å². The Morgan fingerprint density at radius 2 is 0.875 bits per heavy atom. The van der Waals surface area contributed by atoms with Crippen molar-refractivity contribution in [1.82, 2.24) is 0 Å². The van der Waals surface area contributed by atoms with Crippen molar-refractivity contribution in [3.05, 3.63) is 73.3 Å². The molecule has 0 amide bonds. The first kappa shape index (κ1) is 28.9. The topological polar surface area (TPSA) is 0 Å². The van der Waals surface area contributed by atoms with E-state index in [9.17, 15) is 0 Å². The molecule has 2 aromatic rings. The number of benzene rings is 2. The Morgan fingerprint density at radius 3 is 1.22 bits per heavy atom. The minimum Gasteiger partial charge on any atom is -0.103 e. The molecule has 0 heterocycles. The van der Waals surface area contributed by atoms with Crippen molar-refractivity contribution in [2.24, 2.45) is 0 Å². The van der Waals surface area contributed by atoms with Gasteiger partial charge in [-0.15, -0.1) is 6.58 Å². The number of unbranched alkanes of at least 4 members (excludes halogenated alkanes) is 14. The van der Waals surface area contributed by atoms with Crippen molar-refractivity contribution in [3.8, 4) is 0 Å². The molecule has 0 saturated carbocycles. The van der Waals surface area contributed by atoms with E-state index in [1.165, 1.54) is 106 Å². The fourth-order valence-electron chi connectivity index (χ4n) is 3.53. The summed E-state index contributed by atoms with van der Waals surface area (Å²) in [6.07, 6.45) is 23.5. The van der Waals surface area contributed by atoms with Crippen LogP contribution in [-0.2, 0) is 0 Å². The lowest BCUT2D eigenvalue weighted by Gasteiger charge is -2.02. The van der Waals surface area contributed by atoms with E-state index in [-0.39, 0.29) is 0 Å². The maximum atomic E-state index is 3.76. The van der Waals surface area contributed by atoms with Crippen LogP contribution < -0.4 is 0 Å². The molecule has 0 aliphatic heterocycles. The molecule has 2 heteroatoms. The molecule has 178 valence electrons. The lowest BCUT2D eigenvalue weighted by molar-refractivity contribution is 0.536. The molecule has 0 saturated heterocycles. The monoisotopic (exact) mass is 470 g/mol. The Balaban J connectivity index is 0.000000328. The van der Waals surface area contributed by atoms with E-state index in [1.54, 1.807) is 21.6 Å². The van der Waals surface area contributed by atoms with Gasteiger partial charge in [0.25, 0.3) is 0 Å². The summed E-state index contributed by atoms with van der Waals surface area (Å²) in [5, 5.41) is 0. The summed E-state index contributed by atoms with van der Waals surface area (Å²) >= 11 is 0. The van der Waals surface area contributed by atoms with Crippen molar-refractivity contribution >= 4 is 21.6 Å². The smallest absolute Gasteiger partial charge is 0.0186 e. The fraction of sp³-hybridized carbons (Fsp3) is 0.533. The number of hydrogen-bond donors (Lipinski definition) is 0. The second-order valence-corrected chi connectivity index (χ2v) is 10.7. The van der Waals surface area contributed by atoms with Gasteiger partial charge in [0, 0.05) is 9.79 Å². The van der Waals surface area contributed by atoms with Gasteiger partial charge in [-0.25, -0.2) is 0 Å². The van der Waals surface area contributed by atoms with Crippen LogP contribution >= 0.6 is 21.6 Å². The van der Waals surface area contributed by atoms with Gasteiger partial charge in [-0.05, 0) is 37.1 Å². The highest BCUT2D eigenvalue weighted by molar-refractivity contribution is 8.76. The van der Waals surface area contributed by atoms with E-state index in [2.05, 4.69) is 62.0 Å². The first-order valence-corrected chi connectivity index (χ1v) is 15.1. The highest BCUT2D eigenvalue weighted by Crippen LogP contribution is 2.36. The number of allylic oxidation sites excluding steroid dienone is 1. The first-order valence-electron chi connectivity index (χ1n) is 12.9. The van der Waals surface area contributed by atoms with Crippen LogP contribution in [0, 0.1) is 0 Å². The fourth-order valence-corrected chi connectivity index (χ4v) is 5.50. The predicted molar refractivity (Wildman–Crippen MR) is 150 cm³/mol. The molecular weight excluding hydrogens is 424 g/mol. The van der Waals surface area contributed by atoms with E-state index < -0.39 is 0 Å². The van der Waals surface area contributed by atoms with Gasteiger partial charge in [0.2, 0.25) is 0 Å². The molecule has 0 spiro atoms. The summed E-state index contributed by atoms with van der Waals surface area (Å²) in [5.74, 6) is 0. The molecule has 0 fully saturated rings. The van der Waals surface area contributed by atoms with E-state index in [0.29, 0.717) is 0 Å². The summed E-state index contributed by atoms with van der Waals surface area (Å²) in [6, 6.07) is 20.8.